The molecule has 26 heavy (non-hydrogen) atoms. The van der Waals surface area contributed by atoms with Crippen molar-refractivity contribution < 1.29 is 28.2 Å². The van der Waals surface area contributed by atoms with Crippen molar-refractivity contribution in [3.63, 3.8) is 0 Å². The number of benzene rings is 2. The summed E-state index contributed by atoms with van der Waals surface area (Å²) in [6.07, 6.45) is 3.62. The minimum atomic E-state index is -0.646. The van der Waals surface area contributed by atoms with Crippen molar-refractivity contribution in [2.45, 2.75) is 6.42 Å². The van der Waals surface area contributed by atoms with Crippen LogP contribution in [0.3, 0.4) is 0 Å². The van der Waals surface area contributed by atoms with Gasteiger partial charge in [-0.15, -0.1) is 0 Å². The van der Waals surface area contributed by atoms with Crippen LogP contribution in [0.25, 0.3) is 6.08 Å². The molecule has 0 atom stereocenters. The molecule has 0 fully saturated rings. The average Bonchev–Trinajstić information content (AvgIpc) is 2.90. The number of ketones is 1. The Morgan fingerprint density at radius 2 is 1.77 bits per heavy atom. The number of hydrogen-bond donors (Lipinski definition) is 0. The lowest BCUT2D eigenvalue weighted by molar-refractivity contribution is -0.136. The van der Waals surface area contributed by atoms with E-state index in [0.29, 0.717) is 24.7 Å². The Bertz CT molecular complexity index is 827. The summed E-state index contributed by atoms with van der Waals surface area (Å²) in [5, 5.41) is 0. The summed E-state index contributed by atoms with van der Waals surface area (Å²) in [5.74, 6) is -0.178. The minimum absolute atomic E-state index is 0.283. The second-order valence-corrected chi connectivity index (χ2v) is 5.63. The second kappa shape index (κ2) is 8.29. The van der Waals surface area contributed by atoms with E-state index >= 15 is 0 Å². The van der Waals surface area contributed by atoms with Crippen molar-refractivity contribution in [1.29, 1.82) is 0 Å². The number of rotatable bonds is 5. The van der Waals surface area contributed by atoms with Crippen LogP contribution in [0.2, 0.25) is 0 Å². The van der Waals surface area contributed by atoms with E-state index in [1.54, 1.807) is 24.3 Å². The Balaban J connectivity index is 1.55. The largest absolute Gasteiger partial charge is 0.490 e. The standard InChI is InChI=1S/C20H17FO5/c21-16-6-4-15(5-7-16)17(22)13-26-20(23)9-3-14-2-8-18-19(12-14)25-11-1-10-24-18/h2-9,12H,1,10-11,13H2/b9-3+. The van der Waals surface area contributed by atoms with E-state index in [0.717, 1.165) is 12.0 Å². The molecule has 0 aliphatic carbocycles. The van der Waals surface area contributed by atoms with Gasteiger partial charge in [0.25, 0.3) is 0 Å². The predicted octanol–water partition coefficient (Wildman–Crippen LogP) is 3.43. The highest BCUT2D eigenvalue weighted by atomic mass is 19.1. The first-order valence-electron chi connectivity index (χ1n) is 8.15. The van der Waals surface area contributed by atoms with Gasteiger partial charge in [0.2, 0.25) is 0 Å². The molecule has 1 aliphatic heterocycles. The quantitative estimate of drug-likeness (QED) is 0.467. The number of halogens is 1. The summed E-state index contributed by atoms with van der Waals surface area (Å²) in [6, 6.07) is 10.4. The van der Waals surface area contributed by atoms with Crippen molar-refractivity contribution in [3.8, 4) is 11.5 Å². The Morgan fingerprint density at radius 3 is 2.54 bits per heavy atom. The first kappa shape index (κ1) is 17.7. The Labute approximate surface area is 150 Å². The summed E-state index contributed by atoms with van der Waals surface area (Å²) < 4.78 is 28.9. The average molecular weight is 356 g/mol. The first-order chi connectivity index (χ1) is 12.6. The first-order valence-corrected chi connectivity index (χ1v) is 8.15. The summed E-state index contributed by atoms with van der Waals surface area (Å²) in [7, 11) is 0. The summed E-state index contributed by atoms with van der Waals surface area (Å²) in [4.78, 5) is 23.6. The summed E-state index contributed by atoms with van der Waals surface area (Å²) in [6.45, 7) is 0.778. The maximum Gasteiger partial charge on any atom is 0.331 e. The molecule has 0 aromatic heterocycles. The van der Waals surface area contributed by atoms with Gasteiger partial charge in [0.1, 0.15) is 5.82 Å². The van der Waals surface area contributed by atoms with Crippen LogP contribution in [0, 0.1) is 5.82 Å². The maximum atomic E-state index is 12.8. The Morgan fingerprint density at radius 1 is 1.04 bits per heavy atom. The van der Waals surface area contributed by atoms with E-state index in [2.05, 4.69) is 0 Å². The third-order valence-electron chi connectivity index (χ3n) is 3.70. The highest BCUT2D eigenvalue weighted by Crippen LogP contribution is 2.30. The fourth-order valence-corrected chi connectivity index (χ4v) is 2.35. The summed E-state index contributed by atoms with van der Waals surface area (Å²) >= 11 is 0. The van der Waals surface area contributed by atoms with Gasteiger partial charge in [0.15, 0.2) is 23.9 Å². The lowest BCUT2D eigenvalue weighted by Gasteiger charge is -2.07. The number of carbonyl (C=O) groups excluding carboxylic acids is 2. The van der Waals surface area contributed by atoms with Crippen molar-refractivity contribution >= 4 is 17.8 Å². The smallest absolute Gasteiger partial charge is 0.331 e. The van der Waals surface area contributed by atoms with Gasteiger partial charge in [-0.05, 0) is 48.0 Å². The van der Waals surface area contributed by atoms with Crippen LogP contribution < -0.4 is 9.47 Å². The molecule has 0 saturated heterocycles. The highest BCUT2D eigenvalue weighted by Gasteiger charge is 2.11. The number of ether oxygens (including phenoxy) is 3. The molecule has 6 heteroatoms. The van der Waals surface area contributed by atoms with Crippen LogP contribution >= 0.6 is 0 Å². The molecule has 0 radical (unpaired) electrons. The third kappa shape index (κ3) is 4.69. The minimum Gasteiger partial charge on any atom is -0.490 e. The van der Waals surface area contributed by atoms with Crippen LogP contribution in [-0.2, 0) is 9.53 Å². The molecule has 0 N–H and O–H groups in total. The van der Waals surface area contributed by atoms with E-state index < -0.39 is 24.2 Å². The molecule has 0 bridgehead atoms. The fourth-order valence-electron chi connectivity index (χ4n) is 2.35. The van der Waals surface area contributed by atoms with Crippen molar-refractivity contribution in [2.24, 2.45) is 0 Å². The molecule has 2 aromatic rings. The number of hydrogen-bond acceptors (Lipinski definition) is 5. The van der Waals surface area contributed by atoms with Crippen LogP contribution in [0.15, 0.2) is 48.5 Å². The molecule has 5 nitrogen and oxygen atoms in total. The summed E-state index contributed by atoms with van der Waals surface area (Å²) in [5.41, 5.74) is 1.03. The molecule has 0 saturated carbocycles. The van der Waals surface area contributed by atoms with Crippen molar-refractivity contribution in [3.05, 3.63) is 65.5 Å². The van der Waals surface area contributed by atoms with Gasteiger partial charge in [-0.3, -0.25) is 4.79 Å². The van der Waals surface area contributed by atoms with E-state index in [9.17, 15) is 14.0 Å². The van der Waals surface area contributed by atoms with Gasteiger partial charge in [0.05, 0.1) is 13.2 Å². The Kier molecular flexibility index (Phi) is 5.63. The molecule has 134 valence electrons. The lowest BCUT2D eigenvalue weighted by Crippen LogP contribution is -2.12. The zero-order valence-corrected chi connectivity index (χ0v) is 13.9. The molecule has 2 aromatic carbocycles. The van der Waals surface area contributed by atoms with Gasteiger partial charge < -0.3 is 14.2 Å². The molecule has 1 aliphatic rings. The molecule has 0 unspecified atom stereocenters. The van der Waals surface area contributed by atoms with Gasteiger partial charge in [-0.2, -0.15) is 0 Å². The van der Waals surface area contributed by atoms with E-state index in [1.807, 2.05) is 0 Å². The SMILES string of the molecule is O=C(/C=C/c1ccc2c(c1)OCCCO2)OCC(=O)c1ccc(F)cc1. The number of esters is 1. The zero-order valence-electron chi connectivity index (χ0n) is 13.9. The maximum absolute atomic E-state index is 12.8. The van der Waals surface area contributed by atoms with E-state index in [4.69, 9.17) is 14.2 Å². The van der Waals surface area contributed by atoms with Gasteiger partial charge in [0, 0.05) is 18.1 Å². The van der Waals surface area contributed by atoms with Crippen molar-refractivity contribution in [2.75, 3.05) is 19.8 Å². The number of fused-ring (bicyclic) bond motifs is 1. The normalized spacial score (nSPS) is 13.3. The molecule has 0 amide bonds. The van der Waals surface area contributed by atoms with E-state index in [1.165, 1.54) is 30.3 Å². The monoisotopic (exact) mass is 356 g/mol. The highest BCUT2D eigenvalue weighted by molar-refractivity contribution is 5.98. The molecular weight excluding hydrogens is 339 g/mol. The van der Waals surface area contributed by atoms with E-state index in [-0.39, 0.29) is 5.56 Å². The Hall–Kier alpha value is -3.15. The van der Waals surface area contributed by atoms with Crippen LogP contribution in [-0.4, -0.2) is 31.6 Å². The van der Waals surface area contributed by atoms with Crippen LogP contribution in [0.4, 0.5) is 4.39 Å². The molecule has 3 rings (SSSR count). The molecular formula is C20H17FO5. The van der Waals surface area contributed by atoms with Crippen LogP contribution in [0.5, 0.6) is 11.5 Å². The topological polar surface area (TPSA) is 61.8 Å². The predicted molar refractivity (Wildman–Crippen MR) is 92.8 cm³/mol. The zero-order chi connectivity index (χ0) is 18.4. The van der Waals surface area contributed by atoms with Gasteiger partial charge >= 0.3 is 5.97 Å². The van der Waals surface area contributed by atoms with Crippen LogP contribution in [0.1, 0.15) is 22.3 Å². The number of carbonyl (C=O) groups is 2. The third-order valence-corrected chi connectivity index (χ3v) is 3.70. The fraction of sp³-hybridized carbons (Fsp3) is 0.200. The molecule has 0 spiro atoms. The molecule has 1 heterocycles. The van der Waals surface area contributed by atoms with Crippen molar-refractivity contribution in [1.82, 2.24) is 0 Å². The second-order valence-electron chi connectivity index (χ2n) is 5.63. The number of Topliss-reactive ketones (excluding diaryl/α,β-unsaturated/α-hetero) is 1. The lowest BCUT2D eigenvalue weighted by atomic mass is 10.1. The van der Waals surface area contributed by atoms with Gasteiger partial charge in [-0.25, -0.2) is 9.18 Å². The van der Waals surface area contributed by atoms with Gasteiger partial charge in [-0.1, -0.05) is 6.07 Å².